The van der Waals surface area contributed by atoms with Crippen molar-refractivity contribution in [1.29, 1.82) is 0 Å². The summed E-state index contributed by atoms with van der Waals surface area (Å²) in [4.78, 5) is 15.8. The minimum Gasteiger partial charge on any atom is -0.389 e. The second kappa shape index (κ2) is 6.44. The zero-order valence-electron chi connectivity index (χ0n) is 11.4. The van der Waals surface area contributed by atoms with Gasteiger partial charge in [0.25, 0.3) is 0 Å². The zero-order valence-corrected chi connectivity index (χ0v) is 11.4. The van der Waals surface area contributed by atoms with Crippen LogP contribution in [-0.2, 0) is 11.3 Å². The van der Waals surface area contributed by atoms with E-state index in [-0.39, 0.29) is 19.3 Å². The van der Waals surface area contributed by atoms with Gasteiger partial charge in [0.2, 0.25) is 5.82 Å². The van der Waals surface area contributed by atoms with Crippen LogP contribution in [0.1, 0.15) is 13.8 Å². The average molecular weight is 279 g/mol. The van der Waals surface area contributed by atoms with E-state index in [2.05, 4.69) is 14.7 Å². The largest absolute Gasteiger partial charge is 0.442 e. The monoisotopic (exact) mass is 279 g/mol. The third-order valence-corrected chi connectivity index (χ3v) is 2.60. The summed E-state index contributed by atoms with van der Waals surface area (Å²) < 4.78 is 11.2. The van der Waals surface area contributed by atoms with E-state index in [0.29, 0.717) is 11.5 Å². The van der Waals surface area contributed by atoms with Crippen molar-refractivity contribution in [3.63, 3.8) is 0 Å². The molecule has 0 amide bonds. The summed E-state index contributed by atoms with van der Waals surface area (Å²) in [6.07, 6.45) is 0.785. The van der Waals surface area contributed by atoms with Crippen molar-refractivity contribution in [2.75, 3.05) is 6.61 Å². The first-order valence-electron chi connectivity index (χ1n) is 6.35. The van der Waals surface area contributed by atoms with Gasteiger partial charge in [-0.15, -0.1) is 0 Å². The topological polar surface area (TPSA) is 90.4 Å². The van der Waals surface area contributed by atoms with Gasteiger partial charge in [-0.3, -0.25) is 14.1 Å². The van der Waals surface area contributed by atoms with Crippen LogP contribution in [0.2, 0.25) is 0 Å². The maximum atomic E-state index is 11.6. The lowest BCUT2D eigenvalue weighted by molar-refractivity contribution is -0.00120. The SMILES string of the molecule is CC(C)OC[C@H](O)Cn1c(-c2ccccn2)noc1=O. The Labute approximate surface area is 115 Å². The summed E-state index contributed by atoms with van der Waals surface area (Å²) in [6.45, 7) is 3.92. The minimum atomic E-state index is -0.822. The summed E-state index contributed by atoms with van der Waals surface area (Å²) >= 11 is 0. The summed E-state index contributed by atoms with van der Waals surface area (Å²) in [7, 11) is 0. The second-order valence-electron chi connectivity index (χ2n) is 4.63. The molecule has 2 aromatic rings. The number of hydrogen-bond donors (Lipinski definition) is 1. The molecule has 0 unspecified atom stereocenters. The Morgan fingerprint density at radius 3 is 2.90 bits per heavy atom. The fourth-order valence-corrected chi connectivity index (χ4v) is 1.68. The van der Waals surface area contributed by atoms with Crippen LogP contribution in [0.15, 0.2) is 33.7 Å². The van der Waals surface area contributed by atoms with Crippen molar-refractivity contribution in [1.82, 2.24) is 14.7 Å². The molecule has 2 heterocycles. The van der Waals surface area contributed by atoms with Gasteiger partial charge in [0.05, 0.1) is 25.4 Å². The van der Waals surface area contributed by atoms with Gasteiger partial charge >= 0.3 is 5.76 Å². The van der Waals surface area contributed by atoms with E-state index in [0.717, 1.165) is 0 Å². The minimum absolute atomic E-state index is 0.0131. The molecule has 7 nitrogen and oxygen atoms in total. The van der Waals surface area contributed by atoms with E-state index >= 15 is 0 Å². The van der Waals surface area contributed by atoms with Gasteiger partial charge in [0.1, 0.15) is 5.69 Å². The van der Waals surface area contributed by atoms with Crippen molar-refractivity contribution in [3.05, 3.63) is 34.9 Å². The lowest BCUT2D eigenvalue weighted by Gasteiger charge is -2.13. The number of aromatic nitrogens is 3. The predicted molar refractivity (Wildman–Crippen MR) is 71.1 cm³/mol. The fraction of sp³-hybridized carbons (Fsp3) is 0.462. The molecule has 1 atom stereocenters. The van der Waals surface area contributed by atoms with Crippen LogP contribution in [-0.4, -0.2) is 38.6 Å². The highest BCUT2D eigenvalue weighted by molar-refractivity contribution is 5.47. The first-order chi connectivity index (χ1) is 9.58. The van der Waals surface area contributed by atoms with Crippen molar-refractivity contribution in [3.8, 4) is 11.5 Å². The van der Waals surface area contributed by atoms with Crippen LogP contribution in [0, 0.1) is 0 Å². The molecule has 2 aromatic heterocycles. The third-order valence-electron chi connectivity index (χ3n) is 2.60. The molecule has 0 radical (unpaired) electrons. The molecule has 108 valence electrons. The van der Waals surface area contributed by atoms with E-state index < -0.39 is 11.9 Å². The molecule has 0 saturated carbocycles. The molecular formula is C13H17N3O4. The number of ether oxygens (including phenoxy) is 1. The second-order valence-corrected chi connectivity index (χ2v) is 4.63. The van der Waals surface area contributed by atoms with Gasteiger partial charge in [-0.2, -0.15) is 0 Å². The molecule has 0 aromatic carbocycles. The number of hydrogen-bond acceptors (Lipinski definition) is 6. The first kappa shape index (κ1) is 14.4. The summed E-state index contributed by atoms with van der Waals surface area (Å²) in [5.41, 5.74) is 0.510. The molecule has 0 bridgehead atoms. The Kier molecular flexibility index (Phi) is 4.65. The Bertz CT molecular complexity index is 591. The van der Waals surface area contributed by atoms with Gasteiger partial charge in [-0.25, -0.2) is 4.79 Å². The Hall–Kier alpha value is -1.99. The normalized spacial score (nSPS) is 12.8. The van der Waals surface area contributed by atoms with Gasteiger partial charge < -0.3 is 9.84 Å². The Balaban J connectivity index is 2.16. The number of pyridine rings is 1. The molecular weight excluding hydrogens is 262 g/mol. The van der Waals surface area contributed by atoms with Crippen LogP contribution >= 0.6 is 0 Å². The van der Waals surface area contributed by atoms with Gasteiger partial charge in [0.15, 0.2) is 0 Å². The van der Waals surface area contributed by atoms with Gasteiger partial charge in [0, 0.05) is 6.20 Å². The van der Waals surface area contributed by atoms with E-state index in [1.54, 1.807) is 24.4 Å². The van der Waals surface area contributed by atoms with E-state index in [9.17, 15) is 9.90 Å². The highest BCUT2D eigenvalue weighted by Gasteiger charge is 2.17. The van der Waals surface area contributed by atoms with Crippen molar-refractivity contribution in [2.24, 2.45) is 0 Å². The highest BCUT2D eigenvalue weighted by Crippen LogP contribution is 2.12. The third kappa shape index (κ3) is 3.52. The van der Waals surface area contributed by atoms with Crippen LogP contribution in [0.25, 0.3) is 11.5 Å². The fourth-order valence-electron chi connectivity index (χ4n) is 1.68. The lowest BCUT2D eigenvalue weighted by atomic mass is 10.3. The predicted octanol–water partition coefficient (Wildman–Crippen LogP) is 0.684. The molecule has 2 rings (SSSR count). The Morgan fingerprint density at radius 2 is 2.25 bits per heavy atom. The maximum absolute atomic E-state index is 11.6. The molecule has 0 saturated heterocycles. The summed E-state index contributed by atoms with van der Waals surface area (Å²) in [5.74, 6) is -0.339. The van der Waals surface area contributed by atoms with Crippen molar-refractivity contribution < 1.29 is 14.4 Å². The zero-order chi connectivity index (χ0) is 14.5. The molecule has 0 fully saturated rings. The molecule has 0 aliphatic rings. The smallest absolute Gasteiger partial charge is 0.389 e. The average Bonchev–Trinajstić information content (AvgIpc) is 2.79. The van der Waals surface area contributed by atoms with Gasteiger partial charge in [-0.1, -0.05) is 11.2 Å². The van der Waals surface area contributed by atoms with Crippen LogP contribution in [0.5, 0.6) is 0 Å². The molecule has 0 spiro atoms. The standard InChI is InChI=1S/C13H17N3O4/c1-9(2)19-8-10(17)7-16-12(15-20-13(16)18)11-5-3-4-6-14-11/h3-6,9-10,17H,7-8H2,1-2H3/t10-/m1/s1. The lowest BCUT2D eigenvalue weighted by Crippen LogP contribution is -2.28. The molecule has 0 aliphatic heterocycles. The van der Waals surface area contributed by atoms with E-state index in [4.69, 9.17) is 4.74 Å². The van der Waals surface area contributed by atoms with Crippen LogP contribution in [0.3, 0.4) is 0 Å². The summed E-state index contributed by atoms with van der Waals surface area (Å²) in [6, 6.07) is 5.26. The molecule has 7 heteroatoms. The molecule has 1 N–H and O–H groups in total. The van der Waals surface area contributed by atoms with Crippen LogP contribution in [0.4, 0.5) is 0 Å². The number of nitrogens with zero attached hydrogens (tertiary/aromatic N) is 3. The number of rotatable bonds is 6. The van der Waals surface area contributed by atoms with E-state index in [1.807, 2.05) is 13.8 Å². The first-order valence-corrected chi connectivity index (χ1v) is 6.35. The maximum Gasteiger partial charge on any atom is 0.442 e. The van der Waals surface area contributed by atoms with Crippen molar-refractivity contribution in [2.45, 2.75) is 32.6 Å². The number of aliphatic hydroxyl groups excluding tert-OH is 1. The molecule has 20 heavy (non-hydrogen) atoms. The van der Waals surface area contributed by atoms with Crippen molar-refractivity contribution >= 4 is 0 Å². The quantitative estimate of drug-likeness (QED) is 0.836. The highest BCUT2D eigenvalue weighted by atomic mass is 16.5. The molecule has 0 aliphatic carbocycles. The van der Waals surface area contributed by atoms with Gasteiger partial charge in [-0.05, 0) is 26.0 Å². The van der Waals surface area contributed by atoms with Crippen LogP contribution < -0.4 is 5.76 Å². The Morgan fingerprint density at radius 1 is 1.45 bits per heavy atom. The van der Waals surface area contributed by atoms with E-state index in [1.165, 1.54) is 4.57 Å². The summed E-state index contributed by atoms with van der Waals surface area (Å²) in [5, 5.41) is 13.6. The number of aliphatic hydroxyl groups is 1.